The Morgan fingerprint density at radius 3 is 2.62 bits per heavy atom. The summed E-state index contributed by atoms with van der Waals surface area (Å²) in [5.74, 6) is 0. The number of hydrogen-bond donors (Lipinski definition) is 0. The van der Waals surface area contributed by atoms with Crippen LogP contribution in [0.5, 0.6) is 0 Å². The largest absolute Gasteiger partial charge is 0.196 e. The average Bonchev–Trinajstić information content (AvgIpc) is 1.83. The second-order valence-electron chi connectivity index (χ2n) is 1.19. The van der Waals surface area contributed by atoms with Gasteiger partial charge in [0, 0.05) is 6.04 Å². The van der Waals surface area contributed by atoms with Crippen molar-refractivity contribution in [2.75, 3.05) is 6.26 Å². The molecular formula is C6H9NS. The summed E-state index contributed by atoms with van der Waals surface area (Å²) in [5.41, 5.74) is 0. The molecule has 0 aliphatic rings. The van der Waals surface area contributed by atoms with E-state index in [-0.39, 0.29) is 0 Å². The molecule has 44 valence electrons. The van der Waals surface area contributed by atoms with E-state index in [1.807, 2.05) is 13.2 Å². The number of rotatable bonds is 1. The Morgan fingerprint density at radius 2 is 2.50 bits per heavy atom. The summed E-state index contributed by atoms with van der Waals surface area (Å²) in [6.45, 7) is 2.03. The third-order valence-electron chi connectivity index (χ3n) is 0.727. The first kappa shape index (κ1) is 7.58. The predicted molar refractivity (Wildman–Crippen MR) is 40.1 cm³/mol. The molecule has 0 radical (unpaired) electrons. The standard InChI is InChI=1S/C6H9NS/c1-4-6(8-3)7-5-2/h2H,4H2,1,3H3/b7-6-. The van der Waals surface area contributed by atoms with Crippen molar-refractivity contribution < 1.29 is 0 Å². The molecule has 0 spiro atoms. The van der Waals surface area contributed by atoms with Crippen molar-refractivity contribution in [1.29, 1.82) is 0 Å². The van der Waals surface area contributed by atoms with Gasteiger partial charge in [0.1, 0.15) is 0 Å². The fourth-order valence-corrected chi connectivity index (χ4v) is 0.774. The smallest absolute Gasteiger partial charge is 0.0833 e. The van der Waals surface area contributed by atoms with Crippen molar-refractivity contribution in [2.24, 2.45) is 4.99 Å². The van der Waals surface area contributed by atoms with E-state index in [0.717, 1.165) is 11.5 Å². The molecule has 0 saturated heterocycles. The third-order valence-corrected chi connectivity index (χ3v) is 1.58. The van der Waals surface area contributed by atoms with E-state index in [2.05, 4.69) is 11.0 Å². The Hall–Kier alpha value is -0.420. The van der Waals surface area contributed by atoms with Gasteiger partial charge in [-0.3, -0.25) is 0 Å². The van der Waals surface area contributed by atoms with E-state index in [1.165, 1.54) is 0 Å². The van der Waals surface area contributed by atoms with E-state index in [4.69, 9.17) is 6.42 Å². The first-order valence-corrected chi connectivity index (χ1v) is 3.63. The summed E-state index contributed by atoms with van der Waals surface area (Å²) in [7, 11) is 0. The Labute approximate surface area is 54.6 Å². The molecule has 0 unspecified atom stereocenters. The Bertz CT molecular complexity index is 115. The molecule has 8 heavy (non-hydrogen) atoms. The number of hydrogen-bond acceptors (Lipinski definition) is 2. The molecule has 0 aromatic rings. The summed E-state index contributed by atoms with van der Waals surface area (Å²) >= 11 is 1.60. The molecule has 1 nitrogen and oxygen atoms in total. The lowest BCUT2D eigenvalue weighted by Crippen LogP contribution is -1.84. The molecule has 0 aliphatic heterocycles. The SMILES string of the molecule is C#C/N=C(/CC)SC. The maximum Gasteiger partial charge on any atom is 0.0833 e. The fourth-order valence-electron chi connectivity index (χ4n) is 0.341. The van der Waals surface area contributed by atoms with Crippen LogP contribution < -0.4 is 0 Å². The Kier molecular flexibility index (Phi) is 4.48. The van der Waals surface area contributed by atoms with Gasteiger partial charge in [-0.2, -0.15) is 4.99 Å². The van der Waals surface area contributed by atoms with Crippen LogP contribution in [0.1, 0.15) is 13.3 Å². The van der Waals surface area contributed by atoms with Gasteiger partial charge >= 0.3 is 0 Å². The molecule has 0 atom stereocenters. The lowest BCUT2D eigenvalue weighted by Gasteiger charge is -1.90. The van der Waals surface area contributed by atoms with Gasteiger partial charge in [-0.1, -0.05) is 13.3 Å². The van der Waals surface area contributed by atoms with E-state index in [9.17, 15) is 0 Å². The zero-order valence-electron chi connectivity index (χ0n) is 5.14. The second-order valence-corrected chi connectivity index (χ2v) is 2.07. The summed E-state index contributed by atoms with van der Waals surface area (Å²) in [5, 5.41) is 1.02. The van der Waals surface area contributed by atoms with E-state index >= 15 is 0 Å². The summed E-state index contributed by atoms with van der Waals surface area (Å²) in [6, 6.07) is 2.24. The first-order chi connectivity index (χ1) is 3.85. The molecule has 0 rings (SSSR count). The zero-order valence-corrected chi connectivity index (χ0v) is 5.96. The lowest BCUT2D eigenvalue weighted by atomic mass is 10.5. The molecule has 2 heteroatoms. The molecule has 0 aliphatic carbocycles. The molecule has 0 fully saturated rings. The van der Waals surface area contributed by atoms with Crippen molar-refractivity contribution in [2.45, 2.75) is 13.3 Å². The highest BCUT2D eigenvalue weighted by atomic mass is 32.2. The molecule has 0 heterocycles. The monoisotopic (exact) mass is 127 g/mol. The number of aliphatic imine (C=N–C) groups is 1. The molecule has 0 amide bonds. The summed E-state index contributed by atoms with van der Waals surface area (Å²) in [6.07, 6.45) is 7.84. The molecular weight excluding hydrogens is 118 g/mol. The third kappa shape index (κ3) is 2.70. The van der Waals surface area contributed by atoms with Gasteiger partial charge in [0.2, 0.25) is 0 Å². The van der Waals surface area contributed by atoms with Crippen LogP contribution in [0, 0.1) is 12.5 Å². The van der Waals surface area contributed by atoms with Crippen LogP contribution in [0.3, 0.4) is 0 Å². The summed E-state index contributed by atoms with van der Waals surface area (Å²) < 4.78 is 0. The number of nitrogens with zero attached hydrogens (tertiary/aromatic N) is 1. The highest BCUT2D eigenvalue weighted by molar-refractivity contribution is 8.13. The van der Waals surface area contributed by atoms with Crippen molar-refractivity contribution >= 4 is 16.8 Å². The summed E-state index contributed by atoms with van der Waals surface area (Å²) in [4.78, 5) is 3.77. The van der Waals surface area contributed by atoms with Crippen LogP contribution in [0.15, 0.2) is 4.99 Å². The van der Waals surface area contributed by atoms with Crippen molar-refractivity contribution in [3.8, 4) is 12.5 Å². The maximum absolute atomic E-state index is 4.93. The fraction of sp³-hybridized carbons (Fsp3) is 0.500. The molecule has 0 saturated carbocycles. The van der Waals surface area contributed by atoms with Crippen LogP contribution in [0.25, 0.3) is 0 Å². The predicted octanol–water partition coefficient (Wildman–Crippen LogP) is 1.75. The minimum atomic E-state index is 0.936. The highest BCUT2D eigenvalue weighted by Gasteiger charge is 1.87. The van der Waals surface area contributed by atoms with Gasteiger partial charge in [0.25, 0.3) is 0 Å². The molecule has 0 bridgehead atoms. The molecule has 0 N–H and O–H groups in total. The van der Waals surface area contributed by atoms with Gasteiger partial charge in [0.15, 0.2) is 0 Å². The van der Waals surface area contributed by atoms with Crippen molar-refractivity contribution in [3.63, 3.8) is 0 Å². The minimum Gasteiger partial charge on any atom is -0.196 e. The van der Waals surface area contributed by atoms with Crippen molar-refractivity contribution in [1.82, 2.24) is 0 Å². The van der Waals surface area contributed by atoms with E-state index in [0.29, 0.717) is 0 Å². The van der Waals surface area contributed by atoms with Crippen molar-refractivity contribution in [3.05, 3.63) is 0 Å². The molecule has 0 aromatic heterocycles. The lowest BCUT2D eigenvalue weighted by molar-refractivity contribution is 1.31. The van der Waals surface area contributed by atoms with Crippen LogP contribution in [0.4, 0.5) is 0 Å². The quantitative estimate of drug-likeness (QED) is 0.297. The Morgan fingerprint density at radius 1 is 1.88 bits per heavy atom. The van der Waals surface area contributed by atoms with Crippen LogP contribution in [-0.4, -0.2) is 11.3 Å². The minimum absolute atomic E-state index is 0.936. The Balaban J connectivity index is 3.72. The van der Waals surface area contributed by atoms with Crippen LogP contribution in [-0.2, 0) is 0 Å². The second kappa shape index (κ2) is 4.73. The number of terminal acetylenes is 1. The average molecular weight is 127 g/mol. The van der Waals surface area contributed by atoms with Gasteiger partial charge in [-0.15, -0.1) is 11.8 Å². The van der Waals surface area contributed by atoms with Gasteiger partial charge in [-0.25, -0.2) is 0 Å². The first-order valence-electron chi connectivity index (χ1n) is 2.41. The van der Waals surface area contributed by atoms with Gasteiger partial charge < -0.3 is 0 Å². The van der Waals surface area contributed by atoms with E-state index in [1.54, 1.807) is 11.8 Å². The maximum atomic E-state index is 4.93. The van der Waals surface area contributed by atoms with Crippen LogP contribution in [0.2, 0.25) is 0 Å². The molecule has 0 aromatic carbocycles. The topological polar surface area (TPSA) is 12.4 Å². The highest BCUT2D eigenvalue weighted by Crippen LogP contribution is 2.00. The van der Waals surface area contributed by atoms with Crippen LogP contribution >= 0.6 is 11.8 Å². The van der Waals surface area contributed by atoms with Gasteiger partial charge in [-0.05, 0) is 12.7 Å². The number of thioether (sulfide) groups is 1. The normalized spacial score (nSPS) is 10.9. The van der Waals surface area contributed by atoms with Gasteiger partial charge in [0.05, 0.1) is 5.04 Å². The zero-order chi connectivity index (χ0) is 6.41. The van der Waals surface area contributed by atoms with E-state index < -0.39 is 0 Å².